The van der Waals surface area contributed by atoms with Crippen LogP contribution in [-0.2, 0) is 4.79 Å². The van der Waals surface area contributed by atoms with Crippen molar-refractivity contribution in [3.63, 3.8) is 0 Å². The standard InChI is InChI=1S/C14H17BrO3Si/c1-10(14(16)17)18-13-6-5-12(15)9-11(13)7-8-19(2,3)4/h5-6,9-10H,1-4H3,(H,16,17)/t10-/m0/s1. The number of aliphatic carboxylic acids is 1. The van der Waals surface area contributed by atoms with Gasteiger partial charge in [-0.2, -0.15) is 0 Å². The summed E-state index contributed by atoms with van der Waals surface area (Å²) in [4.78, 5) is 10.8. The summed E-state index contributed by atoms with van der Waals surface area (Å²) in [6.45, 7) is 7.95. The molecule has 0 saturated carbocycles. The molecule has 0 heterocycles. The molecule has 0 unspecified atom stereocenters. The second kappa shape index (κ2) is 6.26. The van der Waals surface area contributed by atoms with Crippen LogP contribution >= 0.6 is 15.9 Å². The van der Waals surface area contributed by atoms with Gasteiger partial charge in [-0.05, 0) is 25.1 Å². The maximum atomic E-state index is 10.8. The first-order valence-corrected chi connectivity index (χ1v) is 10.2. The molecule has 0 bridgehead atoms. The smallest absolute Gasteiger partial charge is 0.344 e. The van der Waals surface area contributed by atoms with Crippen LogP contribution in [0.5, 0.6) is 5.75 Å². The van der Waals surface area contributed by atoms with E-state index in [2.05, 4.69) is 47.0 Å². The molecule has 19 heavy (non-hydrogen) atoms. The number of hydrogen-bond acceptors (Lipinski definition) is 2. The average molecular weight is 341 g/mol. The number of carbonyl (C=O) groups is 1. The summed E-state index contributed by atoms with van der Waals surface area (Å²) in [5, 5.41) is 8.88. The number of carboxylic acids is 1. The Kier molecular flexibility index (Phi) is 5.21. The Balaban J connectivity index is 3.11. The molecule has 0 amide bonds. The van der Waals surface area contributed by atoms with Crippen molar-refractivity contribution >= 4 is 30.0 Å². The van der Waals surface area contributed by atoms with Crippen LogP contribution in [0.1, 0.15) is 12.5 Å². The maximum absolute atomic E-state index is 10.8. The molecule has 1 N–H and O–H groups in total. The Morgan fingerprint density at radius 1 is 1.42 bits per heavy atom. The molecule has 1 aromatic carbocycles. The van der Waals surface area contributed by atoms with E-state index in [-0.39, 0.29) is 0 Å². The molecule has 0 radical (unpaired) electrons. The SMILES string of the molecule is C[C@H](Oc1ccc(Br)cc1C#C[Si](C)(C)C)C(=O)O. The van der Waals surface area contributed by atoms with Crippen molar-refractivity contribution in [1.29, 1.82) is 0 Å². The van der Waals surface area contributed by atoms with E-state index in [4.69, 9.17) is 9.84 Å². The molecular weight excluding hydrogens is 324 g/mol. The summed E-state index contributed by atoms with van der Waals surface area (Å²) >= 11 is 3.38. The quantitative estimate of drug-likeness (QED) is 0.676. The summed E-state index contributed by atoms with van der Waals surface area (Å²) in [6.07, 6.45) is -0.895. The van der Waals surface area contributed by atoms with Gasteiger partial charge in [0.25, 0.3) is 0 Å². The van der Waals surface area contributed by atoms with E-state index >= 15 is 0 Å². The topological polar surface area (TPSA) is 46.5 Å². The zero-order valence-electron chi connectivity index (χ0n) is 11.5. The zero-order valence-corrected chi connectivity index (χ0v) is 14.0. The van der Waals surface area contributed by atoms with Crippen molar-refractivity contribution < 1.29 is 14.6 Å². The highest BCUT2D eigenvalue weighted by atomic mass is 79.9. The van der Waals surface area contributed by atoms with Crippen molar-refractivity contribution in [1.82, 2.24) is 0 Å². The van der Waals surface area contributed by atoms with Crippen molar-refractivity contribution in [2.45, 2.75) is 32.7 Å². The van der Waals surface area contributed by atoms with Crippen LogP contribution in [0.25, 0.3) is 0 Å². The molecular formula is C14H17BrO3Si. The Labute approximate surface area is 123 Å². The lowest BCUT2D eigenvalue weighted by Crippen LogP contribution is -2.23. The Hall–Kier alpha value is -1.25. The third-order valence-corrected chi connectivity index (χ3v) is 3.53. The van der Waals surface area contributed by atoms with Crippen LogP contribution in [0.2, 0.25) is 19.6 Å². The molecule has 0 spiro atoms. The first kappa shape index (κ1) is 15.8. The highest BCUT2D eigenvalue weighted by Gasteiger charge is 2.15. The summed E-state index contributed by atoms with van der Waals surface area (Å²) < 4.78 is 6.31. The maximum Gasteiger partial charge on any atom is 0.344 e. The van der Waals surface area contributed by atoms with Gasteiger partial charge in [-0.25, -0.2) is 4.79 Å². The van der Waals surface area contributed by atoms with E-state index in [1.54, 1.807) is 6.07 Å². The summed E-state index contributed by atoms with van der Waals surface area (Å²) in [5.41, 5.74) is 3.96. The van der Waals surface area contributed by atoms with Gasteiger partial charge in [0.1, 0.15) is 13.8 Å². The predicted molar refractivity (Wildman–Crippen MR) is 82.1 cm³/mol. The summed E-state index contributed by atoms with van der Waals surface area (Å²) in [6, 6.07) is 5.39. The molecule has 3 nitrogen and oxygen atoms in total. The van der Waals surface area contributed by atoms with Crippen molar-refractivity contribution in [3.05, 3.63) is 28.2 Å². The van der Waals surface area contributed by atoms with Gasteiger partial charge in [0.15, 0.2) is 6.10 Å². The lowest BCUT2D eigenvalue weighted by atomic mass is 10.2. The molecule has 0 fully saturated rings. The minimum absolute atomic E-state index is 0.504. The van der Waals surface area contributed by atoms with Crippen LogP contribution in [-0.4, -0.2) is 25.3 Å². The highest BCUT2D eigenvalue weighted by Crippen LogP contribution is 2.23. The van der Waals surface area contributed by atoms with Crippen LogP contribution in [0.3, 0.4) is 0 Å². The Morgan fingerprint density at radius 2 is 2.05 bits per heavy atom. The normalized spacial score (nSPS) is 12.3. The van der Waals surface area contributed by atoms with Gasteiger partial charge in [0.05, 0.1) is 5.56 Å². The summed E-state index contributed by atoms with van der Waals surface area (Å²) in [5.74, 6) is 2.61. The number of halogens is 1. The van der Waals surface area contributed by atoms with Crippen LogP contribution < -0.4 is 4.74 Å². The van der Waals surface area contributed by atoms with E-state index in [9.17, 15) is 4.79 Å². The first-order valence-electron chi connectivity index (χ1n) is 5.91. The molecule has 1 rings (SSSR count). The van der Waals surface area contributed by atoms with E-state index in [0.29, 0.717) is 11.3 Å². The van der Waals surface area contributed by atoms with Crippen LogP contribution in [0, 0.1) is 11.5 Å². The molecule has 0 saturated heterocycles. The molecule has 102 valence electrons. The lowest BCUT2D eigenvalue weighted by molar-refractivity contribution is -0.144. The second-order valence-electron chi connectivity index (χ2n) is 5.24. The molecule has 5 heteroatoms. The number of carboxylic acid groups (broad SMARTS) is 1. The molecule has 0 aliphatic heterocycles. The van der Waals surface area contributed by atoms with E-state index < -0.39 is 20.1 Å². The van der Waals surface area contributed by atoms with Gasteiger partial charge >= 0.3 is 5.97 Å². The largest absolute Gasteiger partial charge is 0.479 e. The lowest BCUT2D eigenvalue weighted by Gasteiger charge is -2.12. The van der Waals surface area contributed by atoms with Gasteiger partial charge in [0, 0.05) is 4.47 Å². The number of ether oxygens (including phenoxy) is 1. The van der Waals surface area contributed by atoms with E-state index in [1.165, 1.54) is 6.92 Å². The Morgan fingerprint density at radius 3 is 2.58 bits per heavy atom. The monoisotopic (exact) mass is 340 g/mol. The van der Waals surface area contributed by atoms with Gasteiger partial charge < -0.3 is 9.84 Å². The number of benzene rings is 1. The molecule has 0 aliphatic carbocycles. The van der Waals surface area contributed by atoms with Crippen LogP contribution in [0.4, 0.5) is 0 Å². The van der Waals surface area contributed by atoms with E-state index in [0.717, 1.165) is 4.47 Å². The highest BCUT2D eigenvalue weighted by molar-refractivity contribution is 9.10. The van der Waals surface area contributed by atoms with Crippen molar-refractivity contribution in [2.75, 3.05) is 0 Å². The van der Waals surface area contributed by atoms with Gasteiger partial charge in [-0.1, -0.05) is 41.5 Å². The van der Waals surface area contributed by atoms with Crippen molar-refractivity contribution in [2.24, 2.45) is 0 Å². The molecule has 1 aromatic rings. The minimum Gasteiger partial charge on any atom is -0.479 e. The molecule has 1 atom stereocenters. The van der Waals surface area contributed by atoms with Gasteiger partial charge in [-0.3, -0.25) is 0 Å². The third kappa shape index (κ3) is 5.49. The van der Waals surface area contributed by atoms with E-state index in [1.807, 2.05) is 12.1 Å². The predicted octanol–water partition coefficient (Wildman–Crippen LogP) is 3.53. The van der Waals surface area contributed by atoms with Gasteiger partial charge in [-0.15, -0.1) is 5.54 Å². The molecule has 0 aliphatic rings. The third-order valence-electron chi connectivity index (χ3n) is 2.17. The van der Waals surface area contributed by atoms with Gasteiger partial charge in [0.2, 0.25) is 0 Å². The second-order valence-corrected chi connectivity index (χ2v) is 10.9. The molecule has 0 aromatic heterocycles. The first-order chi connectivity index (χ1) is 8.69. The van der Waals surface area contributed by atoms with Crippen molar-refractivity contribution in [3.8, 4) is 17.2 Å². The fourth-order valence-electron chi connectivity index (χ4n) is 1.20. The summed E-state index contributed by atoms with van der Waals surface area (Å²) in [7, 11) is -1.49. The minimum atomic E-state index is -1.49. The fourth-order valence-corrected chi connectivity index (χ4v) is 2.07. The Bertz CT molecular complexity index is 538. The number of hydrogen-bond donors (Lipinski definition) is 1. The fraction of sp³-hybridized carbons (Fsp3) is 0.357. The zero-order chi connectivity index (χ0) is 14.6. The average Bonchev–Trinajstić information content (AvgIpc) is 2.28. The number of rotatable bonds is 3. The van der Waals surface area contributed by atoms with Crippen LogP contribution in [0.15, 0.2) is 22.7 Å².